The van der Waals surface area contributed by atoms with Crippen molar-refractivity contribution in [3.05, 3.63) is 0 Å². The fourth-order valence-electron chi connectivity index (χ4n) is 2.56. The van der Waals surface area contributed by atoms with Crippen molar-refractivity contribution < 1.29 is 0 Å². The van der Waals surface area contributed by atoms with Gasteiger partial charge in [0, 0.05) is 6.54 Å². The first kappa shape index (κ1) is 18.4. The maximum absolute atomic E-state index is 9.29. The van der Waals surface area contributed by atoms with E-state index >= 15 is 0 Å². The molecule has 3 heteroatoms. The highest BCUT2D eigenvalue weighted by atomic mass is 15.1. The molecule has 0 amide bonds. The summed E-state index contributed by atoms with van der Waals surface area (Å²) in [6.45, 7) is 12.3. The summed E-state index contributed by atoms with van der Waals surface area (Å²) in [5, 5.41) is 12.5. The predicted octanol–water partition coefficient (Wildman–Crippen LogP) is 3.42. The Morgan fingerprint density at radius 1 is 1.21 bits per heavy atom. The molecule has 0 radical (unpaired) electrons. The van der Waals surface area contributed by atoms with Crippen LogP contribution < -0.4 is 5.32 Å². The van der Waals surface area contributed by atoms with Gasteiger partial charge in [0.1, 0.15) is 5.54 Å². The molecule has 0 bridgehead atoms. The lowest BCUT2D eigenvalue weighted by Crippen LogP contribution is -2.41. The number of nitrogens with one attached hydrogen (secondary N) is 1. The number of rotatable bonds is 11. The zero-order valence-corrected chi connectivity index (χ0v) is 13.6. The number of hydrogen-bond donors (Lipinski definition) is 1. The van der Waals surface area contributed by atoms with Gasteiger partial charge in [-0.2, -0.15) is 5.26 Å². The van der Waals surface area contributed by atoms with Crippen molar-refractivity contribution in [1.29, 1.82) is 5.26 Å². The van der Waals surface area contributed by atoms with Gasteiger partial charge in [-0.1, -0.05) is 40.5 Å². The summed E-state index contributed by atoms with van der Waals surface area (Å²) in [6, 6.07) is 2.44. The first-order chi connectivity index (χ1) is 9.11. The van der Waals surface area contributed by atoms with E-state index in [0.29, 0.717) is 0 Å². The van der Waals surface area contributed by atoms with Crippen molar-refractivity contribution in [2.24, 2.45) is 5.92 Å². The zero-order chi connectivity index (χ0) is 14.7. The van der Waals surface area contributed by atoms with Crippen molar-refractivity contribution in [2.75, 3.05) is 26.7 Å². The Bertz CT molecular complexity index is 249. The molecule has 0 saturated heterocycles. The molecule has 0 heterocycles. The quantitative estimate of drug-likeness (QED) is 0.623. The van der Waals surface area contributed by atoms with Gasteiger partial charge in [0.15, 0.2) is 0 Å². The SMILES string of the molecule is CCC(CC)CN(CC)CCCC(C#N)(CC)NC. The summed E-state index contributed by atoms with van der Waals surface area (Å²) in [4.78, 5) is 2.53. The molecular formula is C16H33N3. The van der Waals surface area contributed by atoms with Crippen molar-refractivity contribution >= 4 is 0 Å². The topological polar surface area (TPSA) is 39.1 Å². The van der Waals surface area contributed by atoms with E-state index in [1.807, 2.05) is 7.05 Å². The number of hydrogen-bond acceptors (Lipinski definition) is 3. The van der Waals surface area contributed by atoms with E-state index in [1.54, 1.807) is 0 Å². The smallest absolute Gasteiger partial charge is 0.106 e. The van der Waals surface area contributed by atoms with Gasteiger partial charge in [-0.3, -0.25) is 0 Å². The summed E-state index contributed by atoms with van der Waals surface area (Å²) < 4.78 is 0. The summed E-state index contributed by atoms with van der Waals surface area (Å²) in [5.74, 6) is 0.816. The van der Waals surface area contributed by atoms with Gasteiger partial charge in [-0.15, -0.1) is 0 Å². The van der Waals surface area contributed by atoms with Crippen LogP contribution in [0.25, 0.3) is 0 Å². The molecule has 0 aliphatic heterocycles. The van der Waals surface area contributed by atoms with Crippen LogP contribution in [-0.4, -0.2) is 37.1 Å². The third-order valence-corrected chi connectivity index (χ3v) is 4.49. The Balaban J connectivity index is 4.18. The van der Waals surface area contributed by atoms with Crippen molar-refractivity contribution in [1.82, 2.24) is 10.2 Å². The van der Waals surface area contributed by atoms with Gasteiger partial charge in [0.25, 0.3) is 0 Å². The molecule has 3 nitrogen and oxygen atoms in total. The molecule has 0 rings (SSSR count). The summed E-state index contributed by atoms with van der Waals surface area (Å²) >= 11 is 0. The lowest BCUT2D eigenvalue weighted by Gasteiger charge is -2.28. The van der Waals surface area contributed by atoms with Crippen LogP contribution >= 0.6 is 0 Å². The molecule has 0 spiro atoms. The van der Waals surface area contributed by atoms with Crippen LogP contribution in [0.5, 0.6) is 0 Å². The van der Waals surface area contributed by atoms with Gasteiger partial charge < -0.3 is 10.2 Å². The van der Waals surface area contributed by atoms with Crippen molar-refractivity contribution in [3.63, 3.8) is 0 Å². The molecule has 0 fully saturated rings. The van der Waals surface area contributed by atoms with Crippen LogP contribution in [0.3, 0.4) is 0 Å². The lowest BCUT2D eigenvalue weighted by molar-refractivity contribution is 0.222. The molecule has 0 aromatic carbocycles. The van der Waals surface area contributed by atoms with E-state index in [9.17, 15) is 5.26 Å². The van der Waals surface area contributed by atoms with E-state index in [0.717, 1.165) is 38.3 Å². The highest BCUT2D eigenvalue weighted by Gasteiger charge is 2.25. The van der Waals surface area contributed by atoms with Crippen LogP contribution in [0.2, 0.25) is 0 Å². The van der Waals surface area contributed by atoms with Gasteiger partial charge in [0.2, 0.25) is 0 Å². The molecule has 0 aromatic heterocycles. The summed E-state index contributed by atoms with van der Waals surface area (Å²) in [6.07, 6.45) is 5.44. The minimum atomic E-state index is -0.325. The lowest BCUT2D eigenvalue weighted by atomic mass is 9.92. The minimum Gasteiger partial charge on any atom is -0.303 e. The fraction of sp³-hybridized carbons (Fsp3) is 0.938. The second-order valence-electron chi connectivity index (χ2n) is 5.48. The van der Waals surface area contributed by atoms with Crippen LogP contribution in [0.15, 0.2) is 0 Å². The van der Waals surface area contributed by atoms with Gasteiger partial charge >= 0.3 is 0 Å². The number of nitrogens with zero attached hydrogens (tertiary/aromatic N) is 2. The van der Waals surface area contributed by atoms with Crippen molar-refractivity contribution in [3.8, 4) is 6.07 Å². The highest BCUT2D eigenvalue weighted by Crippen LogP contribution is 2.17. The predicted molar refractivity (Wildman–Crippen MR) is 83.1 cm³/mol. The molecule has 19 heavy (non-hydrogen) atoms. The van der Waals surface area contributed by atoms with E-state index in [1.165, 1.54) is 19.4 Å². The molecule has 0 aliphatic carbocycles. The second kappa shape index (κ2) is 10.2. The van der Waals surface area contributed by atoms with Gasteiger partial charge in [-0.25, -0.2) is 0 Å². The molecule has 1 atom stereocenters. The van der Waals surface area contributed by atoms with Crippen LogP contribution in [0.4, 0.5) is 0 Å². The highest BCUT2D eigenvalue weighted by molar-refractivity contribution is 5.05. The third-order valence-electron chi connectivity index (χ3n) is 4.49. The Kier molecular flexibility index (Phi) is 9.91. The van der Waals surface area contributed by atoms with Crippen molar-refractivity contribution in [2.45, 2.75) is 65.3 Å². The Labute approximate surface area is 120 Å². The third kappa shape index (κ3) is 6.40. The van der Waals surface area contributed by atoms with E-state index in [2.05, 4.69) is 44.0 Å². The van der Waals surface area contributed by atoms with E-state index < -0.39 is 0 Å². The molecule has 0 saturated carbocycles. The zero-order valence-electron chi connectivity index (χ0n) is 13.6. The largest absolute Gasteiger partial charge is 0.303 e. The fourth-order valence-corrected chi connectivity index (χ4v) is 2.56. The Hall–Kier alpha value is -0.590. The first-order valence-corrected chi connectivity index (χ1v) is 7.93. The average Bonchev–Trinajstić information content (AvgIpc) is 2.47. The van der Waals surface area contributed by atoms with Gasteiger partial charge in [-0.05, 0) is 45.3 Å². The molecule has 1 unspecified atom stereocenters. The normalized spacial score (nSPS) is 14.6. The molecule has 1 N–H and O–H groups in total. The molecule has 112 valence electrons. The minimum absolute atomic E-state index is 0.325. The molecular weight excluding hydrogens is 234 g/mol. The monoisotopic (exact) mass is 267 g/mol. The van der Waals surface area contributed by atoms with Crippen LogP contribution in [-0.2, 0) is 0 Å². The Morgan fingerprint density at radius 2 is 1.84 bits per heavy atom. The summed E-state index contributed by atoms with van der Waals surface area (Å²) in [7, 11) is 1.90. The van der Waals surface area contributed by atoms with E-state index in [-0.39, 0.29) is 5.54 Å². The maximum Gasteiger partial charge on any atom is 0.106 e. The first-order valence-electron chi connectivity index (χ1n) is 7.93. The van der Waals surface area contributed by atoms with Gasteiger partial charge in [0.05, 0.1) is 6.07 Å². The van der Waals surface area contributed by atoms with Crippen LogP contribution in [0.1, 0.15) is 59.8 Å². The van der Waals surface area contributed by atoms with E-state index in [4.69, 9.17) is 0 Å². The maximum atomic E-state index is 9.29. The van der Waals surface area contributed by atoms with Crippen LogP contribution in [0, 0.1) is 17.2 Å². The summed E-state index contributed by atoms with van der Waals surface area (Å²) in [5.41, 5.74) is -0.325. The second-order valence-corrected chi connectivity index (χ2v) is 5.48. The standard InChI is InChI=1S/C16H33N3/c1-6-15(7-2)13-19(9-4)12-10-11-16(8-3,14-17)18-5/h15,18H,6-13H2,1-5H3. The Morgan fingerprint density at radius 3 is 2.21 bits per heavy atom. The average molecular weight is 267 g/mol. The molecule has 0 aliphatic rings. The molecule has 0 aromatic rings. The number of nitriles is 1.